The summed E-state index contributed by atoms with van der Waals surface area (Å²) in [5.41, 5.74) is -0.330. The smallest absolute Gasteiger partial charge is 0.330 e. The van der Waals surface area contributed by atoms with Crippen molar-refractivity contribution >= 4 is 61.2 Å². The Bertz CT molecular complexity index is 2310. The highest BCUT2D eigenvalue weighted by Gasteiger charge is 2.61. The largest absolute Gasteiger partial charge is 0.497 e. The number of urea groups is 1. The molecule has 2 fully saturated rings. The normalized spacial score (nSPS) is 24.4. The van der Waals surface area contributed by atoms with Gasteiger partial charge in [-0.15, -0.1) is 11.3 Å². The van der Waals surface area contributed by atoms with Crippen LogP contribution in [-0.2, 0) is 24.4 Å². The number of pyridine rings is 1. The van der Waals surface area contributed by atoms with Gasteiger partial charge < -0.3 is 40.7 Å². The molecule has 3 aromatic rings. The Hall–Kier alpha value is -5.01. The van der Waals surface area contributed by atoms with Crippen LogP contribution in [0.2, 0.25) is 0 Å². The number of thiazole rings is 1. The summed E-state index contributed by atoms with van der Waals surface area (Å²) >= 11 is 1.45. The summed E-state index contributed by atoms with van der Waals surface area (Å²) in [6.45, 7) is 11.2. The second-order valence-corrected chi connectivity index (χ2v) is 21.3. The van der Waals surface area contributed by atoms with Crippen LogP contribution in [0.3, 0.4) is 0 Å². The van der Waals surface area contributed by atoms with Gasteiger partial charge in [0.2, 0.25) is 21.8 Å². The Kier molecular flexibility index (Phi) is 14.6. The predicted molar refractivity (Wildman–Crippen MR) is 242 cm³/mol. The number of benzene rings is 1. The third-order valence-electron chi connectivity index (χ3n) is 12.0. The molecule has 4 amide bonds. The van der Waals surface area contributed by atoms with Gasteiger partial charge in [0.25, 0.3) is 0 Å². The van der Waals surface area contributed by atoms with Crippen LogP contribution in [0.1, 0.15) is 86.5 Å². The number of anilines is 1. The maximum Gasteiger partial charge on any atom is 0.330 e. The van der Waals surface area contributed by atoms with Crippen LogP contribution < -0.4 is 30.7 Å². The van der Waals surface area contributed by atoms with Crippen LogP contribution in [0.4, 0.5) is 9.93 Å². The molecule has 19 heteroatoms. The minimum absolute atomic E-state index is 0.00951. The molecule has 6 atom stereocenters. The summed E-state index contributed by atoms with van der Waals surface area (Å²) in [5.74, 6) is -1.77. The van der Waals surface area contributed by atoms with E-state index in [2.05, 4.69) is 21.3 Å². The molecule has 1 saturated heterocycles. The number of hydrogen-bond donors (Lipinski definition) is 5. The van der Waals surface area contributed by atoms with E-state index in [0.29, 0.717) is 46.6 Å². The average Bonchev–Trinajstić information content (AvgIpc) is 3.49. The molecule has 0 spiro atoms. The van der Waals surface area contributed by atoms with Crippen LogP contribution in [0.15, 0.2) is 41.8 Å². The molecular weight excluding hydrogens is 849 g/mol. The first-order chi connectivity index (χ1) is 29.7. The zero-order valence-electron chi connectivity index (χ0n) is 37.4. The van der Waals surface area contributed by atoms with Crippen molar-refractivity contribution in [2.75, 3.05) is 38.3 Å². The quantitative estimate of drug-likeness (QED) is 0.137. The highest BCUT2D eigenvalue weighted by molar-refractivity contribution is 7.89. The van der Waals surface area contributed by atoms with E-state index >= 15 is 0 Å². The number of fused-ring (bicyclic) bond motifs is 3. The molecule has 0 bridgehead atoms. The lowest BCUT2D eigenvalue weighted by Crippen LogP contribution is -2.59. The molecule has 4 heterocycles. The highest BCUT2D eigenvalue weighted by atomic mass is 32.2. The fourth-order valence-electron chi connectivity index (χ4n) is 8.05. The monoisotopic (exact) mass is 910 g/mol. The number of allylic oxidation sites excluding steroid dienone is 1. The number of likely N-dealkylation sites (N-methyl/N-ethyl adjacent to an activating group) is 1. The molecule has 1 aromatic carbocycles. The van der Waals surface area contributed by atoms with Gasteiger partial charge in [-0.25, -0.2) is 32.3 Å². The molecular formula is C44H62N8O9S2. The Balaban J connectivity index is 1.33. The van der Waals surface area contributed by atoms with Gasteiger partial charge in [-0.2, -0.15) is 0 Å². The number of sulfonamides is 1. The number of nitrogens with zero attached hydrogens (tertiary/aromatic N) is 4. The van der Waals surface area contributed by atoms with E-state index in [1.807, 2.05) is 58.2 Å². The lowest BCUT2D eigenvalue weighted by Gasteiger charge is -2.35. The van der Waals surface area contributed by atoms with E-state index in [1.54, 1.807) is 32.2 Å². The fraction of sp³-hybridized carbons (Fsp3) is 0.591. The minimum Gasteiger partial charge on any atom is -0.497 e. The van der Waals surface area contributed by atoms with Gasteiger partial charge in [0.15, 0.2) is 5.13 Å². The maximum absolute atomic E-state index is 14.9. The van der Waals surface area contributed by atoms with Crippen molar-refractivity contribution in [3.05, 3.63) is 41.8 Å². The topological polar surface area (TPSA) is 221 Å². The van der Waals surface area contributed by atoms with Crippen molar-refractivity contribution in [2.45, 2.75) is 122 Å². The van der Waals surface area contributed by atoms with Crippen molar-refractivity contribution in [1.29, 1.82) is 0 Å². The van der Waals surface area contributed by atoms with Gasteiger partial charge >= 0.3 is 12.0 Å². The first-order valence-electron chi connectivity index (χ1n) is 21.7. The zero-order valence-corrected chi connectivity index (χ0v) is 39.0. The molecule has 1 aliphatic carbocycles. The number of carboxylic acids is 1. The highest BCUT2D eigenvalue weighted by Crippen LogP contribution is 2.45. The molecule has 1 unspecified atom stereocenters. The molecule has 0 radical (unpaired) electrons. The standard InChI is InChI=1S/C44H62N8O9S2/c1-9-63(58,59)51(7)24-37(43(4,5)6)49-41(57)47-31-16-14-12-10-11-13-15-27-22-44(27,40(55)56)50-38(53)35-20-29(23-52(35)39(31)54)61-36-21-33(34-25-62-42(48-34)45-26(2)3)46-32-19-28(60-8)17-18-30(32)36/h13,15,17-19,21,25-27,29,31,35,37H,9-12,14,16,20,22-24H2,1-8H3,(H,45,48)(H,50,53)(H,55,56)(H2,47,49,57)/b15-13-/t27?,29-,31-,35+,37-,44-/m1/s1. The van der Waals surface area contributed by atoms with Gasteiger partial charge in [-0.1, -0.05) is 45.8 Å². The molecule has 2 aromatic heterocycles. The van der Waals surface area contributed by atoms with Gasteiger partial charge in [0.05, 0.1) is 30.6 Å². The second kappa shape index (κ2) is 19.4. The Morgan fingerprint density at radius 2 is 1.89 bits per heavy atom. The van der Waals surface area contributed by atoms with Crippen LogP contribution in [0, 0.1) is 11.3 Å². The number of carbonyl (C=O) groups excluding carboxylic acids is 3. The van der Waals surface area contributed by atoms with Gasteiger partial charge in [-0.3, -0.25) is 9.59 Å². The number of nitrogens with one attached hydrogen (secondary N) is 4. The molecule has 17 nitrogen and oxygen atoms in total. The van der Waals surface area contributed by atoms with E-state index in [4.69, 9.17) is 19.4 Å². The average molecular weight is 911 g/mol. The summed E-state index contributed by atoms with van der Waals surface area (Å²) < 4.78 is 38.8. The van der Waals surface area contributed by atoms with E-state index < -0.39 is 74.9 Å². The fourth-order valence-corrected chi connectivity index (χ4v) is 9.72. The summed E-state index contributed by atoms with van der Waals surface area (Å²) in [5, 5.41) is 25.6. The summed E-state index contributed by atoms with van der Waals surface area (Å²) in [6, 6.07) is 3.87. The van der Waals surface area contributed by atoms with Crippen molar-refractivity contribution in [2.24, 2.45) is 11.3 Å². The van der Waals surface area contributed by atoms with E-state index in [-0.39, 0.29) is 44.1 Å². The van der Waals surface area contributed by atoms with Crippen LogP contribution in [0.5, 0.6) is 11.5 Å². The Labute approximate surface area is 373 Å². The molecule has 344 valence electrons. The number of methoxy groups -OCH3 is 1. The van der Waals surface area contributed by atoms with E-state index in [1.165, 1.54) is 27.6 Å². The predicted octanol–water partition coefficient (Wildman–Crippen LogP) is 5.38. The van der Waals surface area contributed by atoms with E-state index in [0.717, 1.165) is 18.0 Å². The minimum atomic E-state index is -3.55. The SMILES string of the molecule is CCS(=O)(=O)N(C)C[C@@H](NC(=O)N[C@@H]1CCCCC/C=C\C2C[C@@]2(C(=O)O)NC(=O)[C@@H]2C[C@@H](Oc3cc(-c4csc(NC(C)C)n4)nc4cc(OC)ccc34)CN2C1=O)C(C)(C)C. The molecule has 6 rings (SSSR count). The molecule has 63 heavy (non-hydrogen) atoms. The third kappa shape index (κ3) is 11.2. The number of rotatable bonds is 13. The van der Waals surface area contributed by atoms with Gasteiger partial charge in [-0.05, 0) is 64.0 Å². The lowest BCUT2D eigenvalue weighted by molar-refractivity contribution is -0.145. The summed E-state index contributed by atoms with van der Waals surface area (Å²) in [6.07, 6.45) is 6.37. The van der Waals surface area contributed by atoms with Crippen molar-refractivity contribution in [3.8, 4) is 22.9 Å². The number of amides is 4. The van der Waals surface area contributed by atoms with Crippen LogP contribution in [-0.4, -0.2) is 125 Å². The number of ether oxygens (including phenoxy) is 2. The number of carbonyl (C=O) groups is 4. The molecule has 3 aliphatic rings. The zero-order chi connectivity index (χ0) is 45.9. The number of aliphatic carboxylic acids is 1. The first kappa shape index (κ1) is 47.5. The van der Waals surface area contributed by atoms with Gasteiger partial charge in [0, 0.05) is 60.9 Å². The third-order valence-corrected chi connectivity index (χ3v) is 14.6. The van der Waals surface area contributed by atoms with Crippen molar-refractivity contribution < 1.29 is 42.2 Å². The molecule has 1 saturated carbocycles. The van der Waals surface area contributed by atoms with Crippen LogP contribution >= 0.6 is 11.3 Å². The Morgan fingerprint density at radius 3 is 2.57 bits per heavy atom. The number of hydrogen-bond acceptors (Lipinski definition) is 12. The maximum atomic E-state index is 14.9. The lowest BCUT2D eigenvalue weighted by atomic mass is 9.87. The number of aromatic nitrogens is 2. The Morgan fingerprint density at radius 1 is 1.13 bits per heavy atom. The van der Waals surface area contributed by atoms with Crippen molar-refractivity contribution in [3.63, 3.8) is 0 Å². The molecule has 2 aliphatic heterocycles. The van der Waals surface area contributed by atoms with Gasteiger partial charge in [0.1, 0.15) is 40.9 Å². The molecule has 5 N–H and O–H groups in total. The first-order valence-corrected chi connectivity index (χ1v) is 24.1. The van der Waals surface area contributed by atoms with Crippen LogP contribution in [0.25, 0.3) is 22.3 Å². The summed E-state index contributed by atoms with van der Waals surface area (Å²) in [7, 11) is -0.514. The van der Waals surface area contributed by atoms with E-state index in [9.17, 15) is 32.7 Å². The van der Waals surface area contributed by atoms with Crippen molar-refractivity contribution in [1.82, 2.24) is 35.1 Å². The second-order valence-electron chi connectivity index (χ2n) is 18.1. The number of carboxylic acid groups (broad SMARTS) is 1. The summed E-state index contributed by atoms with van der Waals surface area (Å²) in [4.78, 5) is 66.9.